The van der Waals surface area contributed by atoms with Crippen molar-refractivity contribution in [1.82, 2.24) is 16.3 Å². The van der Waals surface area contributed by atoms with Gasteiger partial charge in [-0.1, -0.05) is 0 Å². The number of carbonyl (C=O) groups excluding carboxylic acids is 2. The van der Waals surface area contributed by atoms with Crippen molar-refractivity contribution < 1.29 is 19.2 Å². The van der Waals surface area contributed by atoms with Gasteiger partial charge >= 0.3 is 12.1 Å². The van der Waals surface area contributed by atoms with E-state index in [1.165, 1.54) is 7.11 Å². The first kappa shape index (κ1) is 12.5. The summed E-state index contributed by atoms with van der Waals surface area (Å²) in [5.41, 5.74) is 5.36. The van der Waals surface area contributed by atoms with Crippen LogP contribution >= 0.6 is 0 Å². The number of ether oxygens (including phenoxy) is 1. The first-order valence-electron chi connectivity index (χ1n) is 3.93. The number of rotatable bonds is 1. The van der Waals surface area contributed by atoms with E-state index in [1.54, 1.807) is 20.8 Å². The van der Waals surface area contributed by atoms with Gasteiger partial charge in [-0.05, 0) is 20.8 Å². The number of nitrogens with one attached hydrogen (secondary N) is 3. The van der Waals surface area contributed by atoms with Gasteiger partial charge in [0.2, 0.25) is 0 Å². The quantitative estimate of drug-likeness (QED) is 0.537. The second-order valence-corrected chi connectivity index (χ2v) is 3.39. The van der Waals surface area contributed by atoms with E-state index in [0.717, 1.165) is 0 Å². The summed E-state index contributed by atoms with van der Waals surface area (Å²) in [6, 6.07) is -0.696. The molecule has 82 valence electrons. The summed E-state index contributed by atoms with van der Waals surface area (Å²) >= 11 is 0. The molecule has 7 nitrogen and oxygen atoms in total. The van der Waals surface area contributed by atoms with E-state index >= 15 is 0 Å². The van der Waals surface area contributed by atoms with E-state index in [0.29, 0.717) is 0 Å². The molecule has 3 N–H and O–H groups in total. The molecular formula is C7H15N3O4. The number of hydrogen-bond donors (Lipinski definition) is 3. The van der Waals surface area contributed by atoms with E-state index in [2.05, 4.69) is 4.84 Å². The van der Waals surface area contributed by atoms with Gasteiger partial charge in [-0.15, -0.1) is 0 Å². The van der Waals surface area contributed by atoms with Gasteiger partial charge in [0.05, 0.1) is 7.11 Å². The van der Waals surface area contributed by atoms with Gasteiger partial charge in [-0.2, -0.15) is 0 Å². The summed E-state index contributed by atoms with van der Waals surface area (Å²) in [5.74, 6) is 0. The molecule has 0 rings (SSSR count). The van der Waals surface area contributed by atoms with Crippen LogP contribution in [-0.2, 0) is 9.57 Å². The van der Waals surface area contributed by atoms with Crippen molar-refractivity contribution in [3.8, 4) is 0 Å². The largest absolute Gasteiger partial charge is 0.443 e. The van der Waals surface area contributed by atoms with Crippen LogP contribution in [0.3, 0.4) is 0 Å². The summed E-state index contributed by atoms with van der Waals surface area (Å²) in [7, 11) is 1.27. The Balaban J connectivity index is 3.70. The number of hydroxylamine groups is 1. The van der Waals surface area contributed by atoms with Gasteiger partial charge < -0.3 is 4.74 Å². The molecule has 0 aliphatic rings. The molecule has 0 spiro atoms. The van der Waals surface area contributed by atoms with Crippen LogP contribution in [0.4, 0.5) is 9.59 Å². The van der Waals surface area contributed by atoms with Crippen molar-refractivity contribution in [2.45, 2.75) is 26.4 Å². The SMILES string of the molecule is CONC(=O)NNC(=O)OC(C)(C)C. The molecule has 0 unspecified atom stereocenters. The molecule has 0 aromatic heterocycles. The first-order chi connectivity index (χ1) is 6.35. The van der Waals surface area contributed by atoms with Gasteiger partial charge in [0.15, 0.2) is 0 Å². The van der Waals surface area contributed by atoms with Crippen molar-refractivity contribution in [2.75, 3.05) is 7.11 Å². The minimum Gasteiger partial charge on any atom is -0.443 e. The van der Waals surface area contributed by atoms with Crippen LogP contribution < -0.4 is 16.3 Å². The monoisotopic (exact) mass is 205 g/mol. The van der Waals surface area contributed by atoms with Gasteiger partial charge in [-0.3, -0.25) is 4.84 Å². The maximum atomic E-state index is 11.0. The average molecular weight is 205 g/mol. The molecular weight excluding hydrogens is 190 g/mol. The maximum Gasteiger partial charge on any atom is 0.426 e. The Hall–Kier alpha value is -1.50. The second kappa shape index (κ2) is 5.28. The highest BCUT2D eigenvalue weighted by molar-refractivity contribution is 5.76. The van der Waals surface area contributed by atoms with E-state index in [9.17, 15) is 9.59 Å². The molecule has 0 saturated carbocycles. The lowest BCUT2D eigenvalue weighted by atomic mass is 10.2. The predicted octanol–water partition coefficient (Wildman–Crippen LogP) is 0.287. The number of amides is 3. The van der Waals surface area contributed by atoms with Crippen LogP contribution in [0.1, 0.15) is 20.8 Å². The summed E-state index contributed by atoms with van der Waals surface area (Å²) in [6.07, 6.45) is -0.747. The molecule has 0 radical (unpaired) electrons. The Morgan fingerprint density at radius 1 is 1.14 bits per heavy atom. The number of hydrogen-bond acceptors (Lipinski definition) is 4. The standard InChI is InChI=1S/C7H15N3O4/c1-7(2,3)14-6(12)9-8-5(11)10-13-4/h1-4H3,(H,9,12)(H2,8,10,11). The third kappa shape index (κ3) is 7.17. The van der Waals surface area contributed by atoms with Crippen LogP contribution in [0.5, 0.6) is 0 Å². The van der Waals surface area contributed by atoms with Crippen LogP contribution in [0.25, 0.3) is 0 Å². The predicted molar refractivity (Wildman–Crippen MR) is 48.0 cm³/mol. The fourth-order valence-corrected chi connectivity index (χ4v) is 0.530. The molecule has 3 amide bonds. The summed E-state index contributed by atoms with van der Waals surface area (Å²) < 4.78 is 4.83. The summed E-state index contributed by atoms with van der Waals surface area (Å²) in [6.45, 7) is 5.13. The maximum absolute atomic E-state index is 11.0. The Kier molecular flexibility index (Phi) is 4.71. The highest BCUT2D eigenvalue weighted by Gasteiger charge is 2.16. The molecule has 0 aliphatic carbocycles. The summed E-state index contributed by atoms with van der Waals surface area (Å²) in [5, 5.41) is 0. The normalized spacial score (nSPS) is 10.3. The Labute approximate surface area is 82.1 Å². The fourth-order valence-electron chi connectivity index (χ4n) is 0.530. The molecule has 0 aromatic rings. The lowest BCUT2D eigenvalue weighted by Gasteiger charge is -2.19. The minimum absolute atomic E-state index is 0.608. The van der Waals surface area contributed by atoms with Crippen LogP contribution in [-0.4, -0.2) is 24.8 Å². The Morgan fingerprint density at radius 2 is 1.71 bits per heavy atom. The van der Waals surface area contributed by atoms with Crippen molar-refractivity contribution in [2.24, 2.45) is 0 Å². The first-order valence-corrected chi connectivity index (χ1v) is 3.93. The highest BCUT2D eigenvalue weighted by Crippen LogP contribution is 2.05. The van der Waals surface area contributed by atoms with Crippen molar-refractivity contribution in [3.63, 3.8) is 0 Å². The van der Waals surface area contributed by atoms with Crippen molar-refractivity contribution in [1.29, 1.82) is 0 Å². The molecule has 7 heteroatoms. The van der Waals surface area contributed by atoms with Crippen molar-refractivity contribution >= 4 is 12.1 Å². The average Bonchev–Trinajstić information content (AvgIpc) is 1.98. The fraction of sp³-hybridized carbons (Fsp3) is 0.714. The second-order valence-electron chi connectivity index (χ2n) is 3.39. The van der Waals surface area contributed by atoms with Crippen LogP contribution in [0.2, 0.25) is 0 Å². The van der Waals surface area contributed by atoms with Gasteiger partial charge in [0, 0.05) is 0 Å². The zero-order valence-electron chi connectivity index (χ0n) is 8.63. The van der Waals surface area contributed by atoms with E-state index in [1.807, 2.05) is 16.3 Å². The van der Waals surface area contributed by atoms with E-state index < -0.39 is 17.7 Å². The van der Waals surface area contributed by atoms with Gasteiger partial charge in [0.25, 0.3) is 0 Å². The number of carbonyl (C=O) groups is 2. The zero-order valence-corrected chi connectivity index (χ0v) is 8.63. The topological polar surface area (TPSA) is 88.7 Å². The van der Waals surface area contributed by atoms with Crippen molar-refractivity contribution in [3.05, 3.63) is 0 Å². The van der Waals surface area contributed by atoms with E-state index in [4.69, 9.17) is 4.74 Å². The molecule has 0 bridgehead atoms. The number of hydrazine groups is 1. The molecule has 0 saturated heterocycles. The minimum atomic E-state index is -0.747. The zero-order chi connectivity index (χ0) is 11.2. The molecule has 0 atom stereocenters. The smallest absolute Gasteiger partial charge is 0.426 e. The summed E-state index contributed by atoms with van der Waals surface area (Å²) in [4.78, 5) is 25.9. The molecule has 14 heavy (non-hydrogen) atoms. The molecule has 0 heterocycles. The van der Waals surface area contributed by atoms with E-state index in [-0.39, 0.29) is 0 Å². The highest BCUT2D eigenvalue weighted by atomic mass is 16.6. The Morgan fingerprint density at radius 3 is 2.14 bits per heavy atom. The van der Waals surface area contributed by atoms with Gasteiger partial charge in [-0.25, -0.2) is 25.9 Å². The van der Waals surface area contributed by atoms with Crippen LogP contribution in [0, 0.1) is 0 Å². The molecule has 0 aromatic carbocycles. The third-order valence-corrected chi connectivity index (χ3v) is 0.872. The Bertz CT molecular complexity index is 211. The lowest BCUT2D eigenvalue weighted by molar-refractivity contribution is 0.0490. The van der Waals surface area contributed by atoms with Crippen LogP contribution in [0.15, 0.2) is 0 Å². The lowest BCUT2D eigenvalue weighted by Crippen LogP contribution is -2.48. The van der Waals surface area contributed by atoms with Gasteiger partial charge in [0.1, 0.15) is 5.60 Å². The molecule has 0 fully saturated rings. The molecule has 0 aliphatic heterocycles. The third-order valence-electron chi connectivity index (χ3n) is 0.872. The number of urea groups is 1.